The van der Waals surface area contributed by atoms with Crippen LogP contribution < -0.4 is 10.1 Å². The smallest absolute Gasteiger partial charge is 0.224 e. The molecule has 1 aromatic carbocycles. The molecule has 2 N–H and O–H groups in total. The molecule has 1 heterocycles. The van der Waals surface area contributed by atoms with Gasteiger partial charge in [0.25, 0.3) is 0 Å². The summed E-state index contributed by atoms with van der Waals surface area (Å²) in [5.41, 5.74) is 1.98. The number of benzene rings is 1. The highest BCUT2D eigenvalue weighted by Gasteiger charge is 2.18. The Hall–Kier alpha value is -1.97. The number of methoxy groups -OCH3 is 1. The van der Waals surface area contributed by atoms with E-state index in [9.17, 15) is 4.79 Å². The molecule has 3 rings (SSSR count). The van der Waals surface area contributed by atoms with Gasteiger partial charge in [-0.2, -0.15) is 0 Å². The van der Waals surface area contributed by atoms with E-state index in [-0.39, 0.29) is 5.91 Å². The van der Waals surface area contributed by atoms with E-state index in [0.29, 0.717) is 12.5 Å². The Morgan fingerprint density at radius 1 is 1.40 bits per heavy atom. The van der Waals surface area contributed by atoms with Crippen LogP contribution in [0.15, 0.2) is 24.4 Å². The molecule has 20 heavy (non-hydrogen) atoms. The number of rotatable bonds is 4. The van der Waals surface area contributed by atoms with Crippen molar-refractivity contribution in [2.24, 2.45) is 0 Å². The van der Waals surface area contributed by atoms with Crippen molar-refractivity contribution < 1.29 is 9.53 Å². The van der Waals surface area contributed by atoms with Gasteiger partial charge in [0.2, 0.25) is 5.91 Å². The fourth-order valence-electron chi connectivity index (χ4n) is 3.02. The minimum absolute atomic E-state index is 0.112. The number of ether oxygens (including phenoxy) is 1. The topological polar surface area (TPSA) is 54.1 Å². The molecule has 0 aliphatic heterocycles. The standard InChI is InChI=1S/C16H20N2O2/c1-20-14-8-4-7-13-11(10-17-16(13)14)9-15(19)18-12-5-2-3-6-12/h4,7-8,10,12,17H,2-3,5-6,9H2,1H3,(H,18,19). The van der Waals surface area contributed by atoms with E-state index < -0.39 is 0 Å². The fraction of sp³-hybridized carbons (Fsp3) is 0.438. The number of aromatic amines is 1. The number of hydrogen-bond acceptors (Lipinski definition) is 2. The molecule has 0 spiro atoms. The van der Waals surface area contributed by atoms with Crippen LogP contribution in [0.25, 0.3) is 10.9 Å². The molecule has 0 saturated heterocycles. The number of amides is 1. The summed E-state index contributed by atoms with van der Waals surface area (Å²) < 4.78 is 5.32. The summed E-state index contributed by atoms with van der Waals surface area (Å²) in [4.78, 5) is 15.3. The molecule has 4 heteroatoms. The van der Waals surface area contributed by atoms with Crippen LogP contribution in [0.5, 0.6) is 5.75 Å². The number of aromatic nitrogens is 1. The molecule has 0 bridgehead atoms. The van der Waals surface area contributed by atoms with E-state index in [4.69, 9.17) is 4.74 Å². The van der Waals surface area contributed by atoms with Crippen LogP contribution in [0.1, 0.15) is 31.2 Å². The first-order chi connectivity index (χ1) is 9.78. The van der Waals surface area contributed by atoms with Crippen molar-refractivity contribution in [1.82, 2.24) is 10.3 Å². The van der Waals surface area contributed by atoms with Crippen molar-refractivity contribution in [2.75, 3.05) is 7.11 Å². The van der Waals surface area contributed by atoms with E-state index in [0.717, 1.165) is 35.1 Å². The molecule has 1 fully saturated rings. The summed E-state index contributed by atoms with van der Waals surface area (Å²) >= 11 is 0. The average Bonchev–Trinajstić information content (AvgIpc) is 3.09. The second-order valence-corrected chi connectivity index (χ2v) is 5.42. The van der Waals surface area contributed by atoms with E-state index in [1.807, 2.05) is 24.4 Å². The lowest BCUT2D eigenvalue weighted by Gasteiger charge is -2.11. The lowest BCUT2D eigenvalue weighted by atomic mass is 10.1. The second kappa shape index (κ2) is 5.57. The van der Waals surface area contributed by atoms with Gasteiger partial charge in [0.15, 0.2) is 0 Å². The van der Waals surface area contributed by atoms with Crippen LogP contribution in [-0.2, 0) is 11.2 Å². The van der Waals surface area contributed by atoms with Gasteiger partial charge < -0.3 is 15.0 Å². The second-order valence-electron chi connectivity index (χ2n) is 5.42. The van der Waals surface area contributed by atoms with Crippen LogP contribution in [0.2, 0.25) is 0 Å². The fourth-order valence-corrected chi connectivity index (χ4v) is 3.02. The lowest BCUT2D eigenvalue weighted by molar-refractivity contribution is -0.121. The molecular weight excluding hydrogens is 252 g/mol. The third kappa shape index (κ3) is 2.50. The number of hydrogen-bond donors (Lipinski definition) is 2. The van der Waals surface area contributed by atoms with Gasteiger partial charge in [0.1, 0.15) is 5.75 Å². The van der Waals surface area contributed by atoms with E-state index >= 15 is 0 Å². The van der Waals surface area contributed by atoms with Gasteiger partial charge in [-0.25, -0.2) is 0 Å². The Kier molecular flexibility index (Phi) is 3.63. The van der Waals surface area contributed by atoms with Crippen molar-refractivity contribution in [2.45, 2.75) is 38.1 Å². The SMILES string of the molecule is COc1cccc2c(CC(=O)NC3CCCC3)c[nH]c12. The maximum Gasteiger partial charge on any atom is 0.224 e. The van der Waals surface area contributed by atoms with Gasteiger partial charge in [0.05, 0.1) is 19.0 Å². The Labute approximate surface area is 118 Å². The monoisotopic (exact) mass is 272 g/mol. The molecule has 1 aliphatic carbocycles. The average molecular weight is 272 g/mol. The van der Waals surface area contributed by atoms with E-state index in [1.165, 1.54) is 12.8 Å². The highest BCUT2D eigenvalue weighted by Crippen LogP contribution is 2.27. The molecule has 4 nitrogen and oxygen atoms in total. The number of carbonyl (C=O) groups is 1. The molecule has 106 valence electrons. The zero-order valence-electron chi connectivity index (χ0n) is 11.7. The molecular formula is C16H20N2O2. The van der Waals surface area contributed by atoms with Gasteiger partial charge in [-0.3, -0.25) is 4.79 Å². The van der Waals surface area contributed by atoms with Crippen LogP contribution in [0.3, 0.4) is 0 Å². The maximum atomic E-state index is 12.1. The largest absolute Gasteiger partial charge is 0.495 e. The van der Waals surface area contributed by atoms with Crippen LogP contribution in [0, 0.1) is 0 Å². The van der Waals surface area contributed by atoms with Crippen molar-refractivity contribution >= 4 is 16.8 Å². The van der Waals surface area contributed by atoms with Crippen LogP contribution >= 0.6 is 0 Å². The van der Waals surface area contributed by atoms with Gasteiger partial charge in [0, 0.05) is 17.6 Å². The molecule has 2 aromatic rings. The van der Waals surface area contributed by atoms with Gasteiger partial charge in [-0.05, 0) is 24.5 Å². The minimum Gasteiger partial charge on any atom is -0.495 e. The third-order valence-corrected chi connectivity index (χ3v) is 4.05. The number of nitrogens with one attached hydrogen (secondary N) is 2. The highest BCUT2D eigenvalue weighted by atomic mass is 16.5. The number of para-hydroxylation sites is 1. The first kappa shape index (κ1) is 13.0. The first-order valence-corrected chi connectivity index (χ1v) is 7.20. The normalized spacial score (nSPS) is 15.7. The Morgan fingerprint density at radius 2 is 2.20 bits per heavy atom. The van der Waals surface area contributed by atoms with Crippen molar-refractivity contribution in [3.05, 3.63) is 30.0 Å². The predicted octanol–water partition coefficient (Wildman–Crippen LogP) is 2.78. The minimum atomic E-state index is 0.112. The van der Waals surface area contributed by atoms with Gasteiger partial charge in [-0.15, -0.1) is 0 Å². The summed E-state index contributed by atoms with van der Waals surface area (Å²) in [6.07, 6.45) is 7.02. The third-order valence-electron chi connectivity index (χ3n) is 4.05. The zero-order chi connectivity index (χ0) is 13.9. The number of fused-ring (bicyclic) bond motifs is 1. The van der Waals surface area contributed by atoms with E-state index in [1.54, 1.807) is 7.11 Å². The highest BCUT2D eigenvalue weighted by molar-refractivity contribution is 5.92. The summed E-state index contributed by atoms with van der Waals surface area (Å²) in [5, 5.41) is 4.19. The summed E-state index contributed by atoms with van der Waals surface area (Å²) in [6.45, 7) is 0. The summed E-state index contributed by atoms with van der Waals surface area (Å²) in [6, 6.07) is 6.27. The number of carbonyl (C=O) groups excluding carboxylic acids is 1. The molecule has 0 unspecified atom stereocenters. The van der Waals surface area contributed by atoms with Crippen molar-refractivity contribution in [3.8, 4) is 5.75 Å². The molecule has 1 amide bonds. The molecule has 0 radical (unpaired) electrons. The quantitative estimate of drug-likeness (QED) is 0.899. The van der Waals surface area contributed by atoms with Gasteiger partial charge >= 0.3 is 0 Å². The molecule has 0 atom stereocenters. The lowest BCUT2D eigenvalue weighted by Crippen LogP contribution is -2.33. The van der Waals surface area contributed by atoms with E-state index in [2.05, 4.69) is 10.3 Å². The maximum absolute atomic E-state index is 12.1. The zero-order valence-corrected chi connectivity index (χ0v) is 11.7. The molecule has 1 saturated carbocycles. The van der Waals surface area contributed by atoms with Gasteiger partial charge in [-0.1, -0.05) is 25.0 Å². The Bertz CT molecular complexity index is 612. The number of H-pyrrole nitrogens is 1. The van der Waals surface area contributed by atoms with Crippen molar-refractivity contribution in [1.29, 1.82) is 0 Å². The summed E-state index contributed by atoms with van der Waals surface area (Å²) in [7, 11) is 1.65. The van der Waals surface area contributed by atoms with Crippen molar-refractivity contribution in [3.63, 3.8) is 0 Å². The predicted molar refractivity (Wildman–Crippen MR) is 79.0 cm³/mol. The van der Waals surface area contributed by atoms with Crippen LogP contribution in [0.4, 0.5) is 0 Å². The molecule has 1 aromatic heterocycles. The Balaban J connectivity index is 1.75. The Morgan fingerprint density at radius 3 is 2.95 bits per heavy atom. The summed E-state index contributed by atoms with van der Waals surface area (Å²) in [5.74, 6) is 0.922. The van der Waals surface area contributed by atoms with Crippen LogP contribution in [-0.4, -0.2) is 24.0 Å². The first-order valence-electron chi connectivity index (χ1n) is 7.20. The molecule has 1 aliphatic rings.